The molecular weight excluding hydrogens is 624 g/mol. The van der Waals surface area contributed by atoms with Crippen LogP contribution in [0.2, 0.25) is 0 Å². The third-order valence-corrected chi connectivity index (χ3v) is 8.53. The summed E-state index contributed by atoms with van der Waals surface area (Å²) in [6, 6.07) is 0. The summed E-state index contributed by atoms with van der Waals surface area (Å²) in [5.74, 6) is 0.180. The van der Waals surface area contributed by atoms with Gasteiger partial charge in [-0.15, -0.1) is 0 Å². The van der Waals surface area contributed by atoms with Crippen LogP contribution in [0, 0.1) is 5.92 Å². The van der Waals surface area contributed by atoms with E-state index < -0.39 is 12.2 Å². The summed E-state index contributed by atoms with van der Waals surface area (Å²) >= 11 is 0. The molecule has 2 atom stereocenters. The monoisotopic (exact) mass is 701 g/mol. The summed E-state index contributed by atoms with van der Waals surface area (Å²) < 4.78 is 10.3. The van der Waals surface area contributed by atoms with Crippen LogP contribution in [0.5, 0.6) is 0 Å². The minimum Gasteiger partial charge on any atom is -0.463 e. The molecule has 0 radical (unpaired) electrons. The zero-order valence-electron chi connectivity index (χ0n) is 32.4. The van der Waals surface area contributed by atoms with Gasteiger partial charge in [-0.05, 0) is 50.9 Å². The Morgan fingerprint density at radius 3 is 1.60 bits per heavy atom. The minimum absolute atomic E-state index is 0.150. The van der Waals surface area contributed by atoms with E-state index in [1.54, 1.807) is 6.08 Å². The van der Waals surface area contributed by atoms with Gasteiger partial charge < -0.3 is 19.7 Å². The second-order valence-corrected chi connectivity index (χ2v) is 14.1. The van der Waals surface area contributed by atoms with Crippen molar-refractivity contribution in [2.45, 2.75) is 187 Å². The Bertz CT molecular complexity index is 915. The van der Waals surface area contributed by atoms with Crippen LogP contribution in [0.25, 0.3) is 0 Å². The van der Waals surface area contributed by atoms with Crippen molar-refractivity contribution in [2.75, 3.05) is 13.2 Å². The minimum atomic E-state index is -1.01. The Hall–Kier alpha value is -2.44. The molecule has 0 aliphatic carbocycles. The molecule has 0 rings (SSSR count). The van der Waals surface area contributed by atoms with Gasteiger partial charge in [0.15, 0.2) is 0 Å². The van der Waals surface area contributed by atoms with Crippen molar-refractivity contribution in [2.24, 2.45) is 5.92 Å². The summed E-state index contributed by atoms with van der Waals surface area (Å²) in [7, 11) is 0. The zero-order valence-corrected chi connectivity index (χ0v) is 32.4. The SMILES string of the molecule is CC/C=C\C/C=C\CC(O)/C=C/C=C\C/C=C\CCCC(=O)OC[C@@H](O)COC(=O)CCCCCCCCCCCCCCCCCC(C)C. The summed E-state index contributed by atoms with van der Waals surface area (Å²) in [6.45, 7) is 6.42. The molecule has 50 heavy (non-hydrogen) atoms. The molecule has 0 aliphatic heterocycles. The van der Waals surface area contributed by atoms with E-state index in [0.29, 0.717) is 19.3 Å². The molecule has 6 heteroatoms. The molecule has 0 bridgehead atoms. The molecule has 0 fully saturated rings. The van der Waals surface area contributed by atoms with Crippen molar-refractivity contribution in [3.05, 3.63) is 60.8 Å². The molecule has 0 saturated heterocycles. The van der Waals surface area contributed by atoms with Crippen LogP contribution in [0.3, 0.4) is 0 Å². The van der Waals surface area contributed by atoms with Crippen molar-refractivity contribution >= 4 is 11.9 Å². The molecule has 0 spiro atoms. The quantitative estimate of drug-likeness (QED) is 0.0296. The predicted octanol–water partition coefficient (Wildman–Crippen LogP) is 11.6. The van der Waals surface area contributed by atoms with Crippen molar-refractivity contribution in [1.29, 1.82) is 0 Å². The highest BCUT2D eigenvalue weighted by Crippen LogP contribution is 2.15. The molecule has 2 N–H and O–H groups in total. The van der Waals surface area contributed by atoms with Gasteiger partial charge in [0.05, 0.1) is 6.10 Å². The van der Waals surface area contributed by atoms with E-state index in [4.69, 9.17) is 9.47 Å². The van der Waals surface area contributed by atoms with Crippen molar-refractivity contribution in [3.8, 4) is 0 Å². The highest BCUT2D eigenvalue weighted by atomic mass is 16.6. The number of allylic oxidation sites excluding steroid dienone is 8. The van der Waals surface area contributed by atoms with Crippen molar-refractivity contribution in [3.63, 3.8) is 0 Å². The van der Waals surface area contributed by atoms with Crippen LogP contribution in [-0.4, -0.2) is 47.6 Å². The van der Waals surface area contributed by atoms with Gasteiger partial charge >= 0.3 is 11.9 Å². The third-order valence-electron chi connectivity index (χ3n) is 8.53. The van der Waals surface area contributed by atoms with E-state index in [0.717, 1.165) is 50.9 Å². The third kappa shape index (κ3) is 38.4. The van der Waals surface area contributed by atoms with E-state index in [1.165, 1.54) is 83.5 Å². The maximum atomic E-state index is 12.0. The molecule has 0 heterocycles. The van der Waals surface area contributed by atoms with E-state index >= 15 is 0 Å². The normalized spacial score (nSPS) is 13.6. The van der Waals surface area contributed by atoms with Crippen LogP contribution < -0.4 is 0 Å². The van der Waals surface area contributed by atoms with Gasteiger partial charge in [-0.1, -0.05) is 178 Å². The topological polar surface area (TPSA) is 93.1 Å². The Morgan fingerprint density at radius 2 is 1.04 bits per heavy atom. The first kappa shape index (κ1) is 47.6. The van der Waals surface area contributed by atoms with Gasteiger partial charge in [0.25, 0.3) is 0 Å². The summed E-state index contributed by atoms with van der Waals surface area (Å²) in [5.41, 5.74) is 0. The van der Waals surface area contributed by atoms with Crippen molar-refractivity contribution < 1.29 is 29.3 Å². The van der Waals surface area contributed by atoms with Crippen LogP contribution in [0.15, 0.2) is 60.8 Å². The number of aliphatic hydroxyl groups is 2. The lowest BCUT2D eigenvalue weighted by Gasteiger charge is -2.12. The van der Waals surface area contributed by atoms with E-state index in [1.807, 2.05) is 36.5 Å². The number of rotatable bonds is 35. The lowest BCUT2D eigenvalue weighted by Crippen LogP contribution is -2.25. The maximum absolute atomic E-state index is 12.0. The fourth-order valence-electron chi connectivity index (χ4n) is 5.45. The fourth-order valence-corrected chi connectivity index (χ4v) is 5.45. The fraction of sp³-hybridized carbons (Fsp3) is 0.727. The average Bonchev–Trinajstić information content (AvgIpc) is 3.09. The lowest BCUT2D eigenvalue weighted by atomic mass is 10.0. The summed E-state index contributed by atoms with van der Waals surface area (Å²) in [6.07, 6.45) is 44.6. The van der Waals surface area contributed by atoms with Gasteiger partial charge in [-0.3, -0.25) is 9.59 Å². The molecule has 0 aromatic carbocycles. The molecular formula is C44H76O6. The highest BCUT2D eigenvalue weighted by Gasteiger charge is 2.12. The molecule has 0 aliphatic rings. The van der Waals surface area contributed by atoms with E-state index in [-0.39, 0.29) is 31.6 Å². The first-order valence-electron chi connectivity index (χ1n) is 20.3. The highest BCUT2D eigenvalue weighted by molar-refractivity contribution is 5.69. The van der Waals surface area contributed by atoms with Gasteiger partial charge in [-0.2, -0.15) is 0 Å². The van der Waals surface area contributed by atoms with Crippen molar-refractivity contribution in [1.82, 2.24) is 0 Å². The Kier molecular flexibility index (Phi) is 36.0. The number of aliphatic hydroxyl groups excluding tert-OH is 2. The number of hydrogen-bond donors (Lipinski definition) is 2. The Morgan fingerprint density at radius 1 is 0.560 bits per heavy atom. The first-order chi connectivity index (χ1) is 24.3. The zero-order chi connectivity index (χ0) is 36.8. The largest absolute Gasteiger partial charge is 0.463 e. The van der Waals surface area contributed by atoms with Crippen LogP contribution in [0.4, 0.5) is 0 Å². The molecule has 0 amide bonds. The Balaban J connectivity index is 3.58. The standard InChI is InChI=1S/C44H76O6/c1-4-5-6-7-24-29-34-41(45)35-30-25-20-17-18-22-27-32-37-44(48)50-39-42(46)38-49-43(47)36-31-26-21-16-14-12-10-8-9-11-13-15-19-23-28-33-40(2)3/h5-6,18,20,22,24-25,29-30,35,40-42,45-46H,4,7-17,19,21,23,26-28,31-34,36-39H2,1-3H3/b6-5-,22-18-,25-20-,29-24-,35-30+/t41?,42-/m0/s1. The summed E-state index contributed by atoms with van der Waals surface area (Å²) in [5, 5.41) is 20.0. The number of unbranched alkanes of at least 4 members (excludes halogenated alkanes) is 15. The number of carbonyl (C=O) groups excluding carboxylic acids is 2. The maximum Gasteiger partial charge on any atom is 0.305 e. The van der Waals surface area contributed by atoms with Gasteiger partial charge in [-0.25, -0.2) is 0 Å². The van der Waals surface area contributed by atoms with Gasteiger partial charge in [0, 0.05) is 12.8 Å². The average molecular weight is 701 g/mol. The van der Waals surface area contributed by atoms with Gasteiger partial charge in [0.2, 0.25) is 0 Å². The summed E-state index contributed by atoms with van der Waals surface area (Å²) in [4.78, 5) is 23.9. The molecule has 0 aromatic rings. The number of hydrogen-bond acceptors (Lipinski definition) is 6. The molecule has 1 unspecified atom stereocenters. The first-order valence-corrected chi connectivity index (χ1v) is 20.3. The van der Waals surface area contributed by atoms with Gasteiger partial charge in [0.1, 0.15) is 19.3 Å². The number of esters is 2. The second kappa shape index (κ2) is 37.8. The smallest absolute Gasteiger partial charge is 0.305 e. The number of carbonyl (C=O) groups is 2. The van der Waals surface area contributed by atoms with E-state index in [2.05, 4.69) is 39.0 Å². The molecule has 6 nitrogen and oxygen atoms in total. The lowest BCUT2D eigenvalue weighted by molar-refractivity contribution is -0.152. The number of ether oxygens (including phenoxy) is 2. The predicted molar refractivity (Wildman–Crippen MR) is 211 cm³/mol. The molecule has 0 aromatic heterocycles. The Labute approximate surface area is 307 Å². The van der Waals surface area contributed by atoms with Crippen LogP contribution in [-0.2, 0) is 19.1 Å². The van der Waals surface area contributed by atoms with E-state index in [9.17, 15) is 19.8 Å². The van der Waals surface area contributed by atoms with Crippen LogP contribution >= 0.6 is 0 Å². The molecule has 0 saturated carbocycles. The second-order valence-electron chi connectivity index (χ2n) is 14.1. The van der Waals surface area contributed by atoms with Crippen LogP contribution in [0.1, 0.15) is 175 Å². The molecule has 288 valence electrons.